The van der Waals surface area contributed by atoms with E-state index in [1.807, 2.05) is 44.2 Å². The van der Waals surface area contributed by atoms with Gasteiger partial charge in [-0.1, -0.05) is 76.2 Å². The van der Waals surface area contributed by atoms with Gasteiger partial charge in [-0.25, -0.2) is 0 Å². The second-order valence-electron chi connectivity index (χ2n) is 1.77. The minimum absolute atomic E-state index is 0.922. The van der Waals surface area contributed by atoms with Crippen LogP contribution in [0.5, 0.6) is 0 Å². The Morgan fingerprint density at radius 2 is 1.75 bits per heavy atom. The maximum absolute atomic E-state index is 5.06. The van der Waals surface area contributed by atoms with Crippen molar-refractivity contribution in [2.75, 3.05) is 0 Å². The van der Waals surface area contributed by atoms with E-state index in [1.54, 1.807) is 0 Å². The lowest BCUT2D eigenvalue weighted by Crippen LogP contribution is -1.85. The van der Waals surface area contributed by atoms with Gasteiger partial charge in [0, 0.05) is 0 Å². The Bertz CT molecular complexity index is 221. The predicted molar refractivity (Wildman–Crippen MR) is 66.8 cm³/mol. The summed E-state index contributed by atoms with van der Waals surface area (Å²) in [7, 11) is 2.54. The first kappa shape index (κ1) is 12.1. The van der Waals surface area contributed by atoms with E-state index in [0.717, 1.165) is 9.76 Å². The number of hydrogen-bond acceptors (Lipinski definition) is 2. The Morgan fingerprint density at radius 3 is 2.17 bits per heavy atom. The Labute approximate surface area is 86.1 Å². The largest absolute Gasteiger partial charge is 0.0932 e. The van der Waals surface area contributed by atoms with E-state index < -0.39 is 0 Å². The van der Waals surface area contributed by atoms with Crippen molar-refractivity contribution < 1.29 is 0 Å². The van der Waals surface area contributed by atoms with Crippen molar-refractivity contribution in [2.45, 2.75) is 13.8 Å². The third-order valence-electron chi connectivity index (χ3n) is 1.12. The van der Waals surface area contributed by atoms with Crippen LogP contribution in [0.25, 0.3) is 0 Å². The van der Waals surface area contributed by atoms with E-state index in [9.17, 15) is 0 Å². The summed E-state index contributed by atoms with van der Waals surface area (Å²) in [6, 6.07) is 9.99. The van der Waals surface area contributed by atoms with Crippen LogP contribution < -0.4 is 0 Å². The molecule has 1 atom stereocenters. The maximum Gasteiger partial charge on any atom is 0.0815 e. The van der Waals surface area contributed by atoms with Crippen LogP contribution in [0.3, 0.4) is 0 Å². The van der Waals surface area contributed by atoms with Gasteiger partial charge in [0.25, 0.3) is 0 Å². The minimum atomic E-state index is 0.922. The van der Waals surface area contributed by atoms with Crippen LogP contribution in [0.15, 0.2) is 30.3 Å². The van der Waals surface area contributed by atoms with Crippen molar-refractivity contribution >= 4 is 36.2 Å². The molecular formula is C9H13PS2. The molecular weight excluding hydrogens is 203 g/mol. The smallest absolute Gasteiger partial charge is 0.0815 e. The molecule has 0 fully saturated rings. The van der Waals surface area contributed by atoms with Crippen LogP contribution in [0.4, 0.5) is 0 Å². The van der Waals surface area contributed by atoms with Gasteiger partial charge in [-0.3, -0.25) is 0 Å². The Balaban J connectivity index is 0.000000561. The van der Waals surface area contributed by atoms with Crippen LogP contribution >= 0.6 is 32.0 Å². The first-order chi connectivity index (χ1) is 5.84. The van der Waals surface area contributed by atoms with Gasteiger partial charge in [0.05, 0.1) is 4.20 Å². The number of hydrogen-bond donors (Lipinski definition) is 0. The van der Waals surface area contributed by atoms with Crippen LogP contribution in [0, 0.1) is 0 Å². The Kier molecular flexibility index (Phi) is 7.78. The zero-order valence-corrected chi connectivity index (χ0v) is 10.1. The Hall–Kier alpha value is 0.0900. The van der Waals surface area contributed by atoms with E-state index in [0.29, 0.717) is 0 Å². The SMILES string of the molecule is CC.PSC(=S)c1ccccc1. The van der Waals surface area contributed by atoms with Gasteiger partial charge >= 0.3 is 0 Å². The first-order valence-electron chi connectivity index (χ1n) is 3.80. The van der Waals surface area contributed by atoms with Crippen molar-refractivity contribution in [1.82, 2.24) is 0 Å². The third-order valence-corrected chi connectivity index (χ3v) is 3.31. The van der Waals surface area contributed by atoms with Gasteiger partial charge in [0.2, 0.25) is 0 Å². The summed E-state index contributed by atoms with van der Waals surface area (Å²) < 4.78 is 0.922. The van der Waals surface area contributed by atoms with Crippen molar-refractivity contribution in [3.63, 3.8) is 0 Å². The van der Waals surface area contributed by atoms with Crippen molar-refractivity contribution in [2.24, 2.45) is 0 Å². The second-order valence-corrected chi connectivity index (χ2v) is 3.79. The molecule has 0 radical (unpaired) electrons. The molecule has 0 saturated carbocycles. The lowest BCUT2D eigenvalue weighted by molar-refractivity contribution is 1.50. The maximum atomic E-state index is 5.06. The fraction of sp³-hybridized carbons (Fsp3) is 0.222. The second kappa shape index (κ2) is 7.72. The highest BCUT2D eigenvalue weighted by Crippen LogP contribution is 2.19. The quantitative estimate of drug-likeness (QED) is 0.515. The molecule has 0 bridgehead atoms. The van der Waals surface area contributed by atoms with Crippen LogP contribution in [-0.4, -0.2) is 4.20 Å². The predicted octanol–water partition coefficient (Wildman–Crippen LogP) is 3.91. The molecule has 12 heavy (non-hydrogen) atoms. The molecule has 0 aliphatic carbocycles. The monoisotopic (exact) mass is 216 g/mol. The van der Waals surface area contributed by atoms with E-state index >= 15 is 0 Å². The molecule has 1 aromatic rings. The molecule has 0 spiro atoms. The van der Waals surface area contributed by atoms with Crippen molar-refractivity contribution in [1.29, 1.82) is 0 Å². The lowest BCUT2D eigenvalue weighted by atomic mass is 10.2. The number of rotatable bonds is 1. The molecule has 66 valence electrons. The van der Waals surface area contributed by atoms with E-state index in [-0.39, 0.29) is 0 Å². The summed E-state index contributed by atoms with van der Waals surface area (Å²) in [6.45, 7) is 4.00. The van der Waals surface area contributed by atoms with Gasteiger partial charge < -0.3 is 0 Å². The van der Waals surface area contributed by atoms with Gasteiger partial charge in [-0.2, -0.15) is 0 Å². The normalized spacial score (nSPS) is 8.25. The van der Waals surface area contributed by atoms with Gasteiger partial charge in [0.15, 0.2) is 0 Å². The molecule has 0 saturated heterocycles. The summed E-state index contributed by atoms with van der Waals surface area (Å²) >= 11 is 6.59. The highest BCUT2D eigenvalue weighted by molar-refractivity contribution is 8.56. The molecule has 1 rings (SSSR count). The fourth-order valence-corrected chi connectivity index (χ4v) is 1.46. The molecule has 1 aromatic carbocycles. The molecule has 0 aliphatic rings. The molecule has 3 heteroatoms. The first-order valence-corrected chi connectivity index (χ1v) is 6.51. The molecule has 1 unspecified atom stereocenters. The molecule has 0 N–H and O–H groups in total. The third kappa shape index (κ3) is 4.20. The van der Waals surface area contributed by atoms with E-state index in [1.165, 1.54) is 11.4 Å². The molecule has 0 heterocycles. The number of thiocarbonyl (C=S) groups is 1. The number of benzene rings is 1. The fourth-order valence-electron chi connectivity index (χ4n) is 0.642. The Morgan fingerprint density at radius 1 is 1.25 bits per heavy atom. The van der Waals surface area contributed by atoms with Crippen LogP contribution in [0.2, 0.25) is 0 Å². The zero-order valence-electron chi connectivity index (χ0n) is 7.28. The van der Waals surface area contributed by atoms with Crippen molar-refractivity contribution in [3.05, 3.63) is 35.9 Å². The molecule has 0 aromatic heterocycles. The zero-order chi connectivity index (χ0) is 9.40. The average molecular weight is 216 g/mol. The van der Waals surface area contributed by atoms with Crippen molar-refractivity contribution in [3.8, 4) is 0 Å². The van der Waals surface area contributed by atoms with Crippen LogP contribution in [0.1, 0.15) is 19.4 Å². The molecule has 0 amide bonds. The summed E-state index contributed by atoms with van der Waals surface area (Å²) in [5, 5.41) is 0. The highest BCUT2D eigenvalue weighted by Gasteiger charge is 1.94. The summed E-state index contributed by atoms with van der Waals surface area (Å²) in [6.07, 6.45) is 0. The summed E-state index contributed by atoms with van der Waals surface area (Å²) in [5.41, 5.74) is 1.12. The summed E-state index contributed by atoms with van der Waals surface area (Å²) in [5.74, 6) is 0. The van der Waals surface area contributed by atoms with Gasteiger partial charge in [-0.15, -0.1) is 0 Å². The minimum Gasteiger partial charge on any atom is -0.0932 e. The highest BCUT2D eigenvalue weighted by atomic mass is 32.7. The average Bonchev–Trinajstić information content (AvgIpc) is 2.21. The van der Waals surface area contributed by atoms with Gasteiger partial charge in [-0.05, 0) is 5.56 Å². The lowest BCUT2D eigenvalue weighted by Gasteiger charge is -1.96. The standard InChI is InChI=1S/C7H7PS2.C2H6/c8-10-7(9)6-4-2-1-3-5-6;1-2/h1-5H,8H2;1-2H3. The molecule has 0 nitrogen and oxygen atoms in total. The topological polar surface area (TPSA) is 0 Å². The van der Waals surface area contributed by atoms with E-state index in [2.05, 4.69) is 8.44 Å². The molecule has 0 aliphatic heterocycles. The summed E-state index contributed by atoms with van der Waals surface area (Å²) in [4.78, 5) is 0. The van der Waals surface area contributed by atoms with Crippen LogP contribution in [-0.2, 0) is 0 Å². The van der Waals surface area contributed by atoms with Gasteiger partial charge in [0.1, 0.15) is 0 Å². The van der Waals surface area contributed by atoms with E-state index in [4.69, 9.17) is 12.2 Å².